The van der Waals surface area contributed by atoms with Crippen LogP contribution in [0.4, 0.5) is 4.39 Å². The van der Waals surface area contributed by atoms with Crippen LogP contribution in [0.25, 0.3) is 0 Å². The van der Waals surface area contributed by atoms with E-state index in [0.29, 0.717) is 10.9 Å². The normalized spacial score (nSPS) is 18.2. The van der Waals surface area contributed by atoms with Gasteiger partial charge >= 0.3 is 0 Å². The van der Waals surface area contributed by atoms with E-state index in [4.69, 9.17) is 17.3 Å². The molecule has 2 N–H and O–H groups in total. The number of benzene rings is 1. The van der Waals surface area contributed by atoms with Gasteiger partial charge in [-0.2, -0.15) is 0 Å². The van der Waals surface area contributed by atoms with E-state index in [1.807, 2.05) is 0 Å². The van der Waals surface area contributed by atoms with Crippen molar-refractivity contribution < 1.29 is 4.39 Å². The van der Waals surface area contributed by atoms with E-state index in [-0.39, 0.29) is 24.3 Å². The standard InChI is InChI=1S/C12H15ClFN.ClH/c13-10-5-9(6-11(14)7-10)12(15)8-3-1-2-4-8;/h5-8,12H,1-4,15H2;1H/t12-;/m1./s1. The van der Waals surface area contributed by atoms with Gasteiger partial charge in [0.25, 0.3) is 0 Å². The van der Waals surface area contributed by atoms with Crippen LogP contribution in [0.3, 0.4) is 0 Å². The molecule has 1 aliphatic carbocycles. The molecule has 1 saturated carbocycles. The predicted octanol–water partition coefficient (Wildman–Crippen LogP) is 4.09. The molecule has 1 aliphatic rings. The Hall–Kier alpha value is -0.310. The summed E-state index contributed by atoms with van der Waals surface area (Å²) in [7, 11) is 0. The predicted molar refractivity (Wildman–Crippen MR) is 67.5 cm³/mol. The van der Waals surface area contributed by atoms with Crippen molar-refractivity contribution in [2.75, 3.05) is 0 Å². The topological polar surface area (TPSA) is 26.0 Å². The minimum absolute atomic E-state index is 0. The van der Waals surface area contributed by atoms with Crippen LogP contribution in [0, 0.1) is 11.7 Å². The molecular weight excluding hydrogens is 248 g/mol. The maximum absolute atomic E-state index is 13.1. The van der Waals surface area contributed by atoms with Crippen molar-refractivity contribution in [2.24, 2.45) is 11.7 Å². The summed E-state index contributed by atoms with van der Waals surface area (Å²) in [4.78, 5) is 0. The Balaban J connectivity index is 0.00000128. The summed E-state index contributed by atoms with van der Waals surface area (Å²) >= 11 is 5.81. The van der Waals surface area contributed by atoms with Gasteiger partial charge in [0, 0.05) is 11.1 Å². The molecule has 0 spiro atoms. The van der Waals surface area contributed by atoms with E-state index in [9.17, 15) is 4.39 Å². The van der Waals surface area contributed by atoms with Gasteiger partial charge in [0.05, 0.1) is 0 Å². The molecule has 0 aliphatic heterocycles. The minimum atomic E-state index is -0.300. The zero-order valence-electron chi connectivity index (χ0n) is 8.96. The van der Waals surface area contributed by atoms with E-state index in [1.54, 1.807) is 6.07 Å². The molecule has 1 nitrogen and oxygen atoms in total. The molecule has 1 fully saturated rings. The van der Waals surface area contributed by atoms with Crippen molar-refractivity contribution in [3.05, 3.63) is 34.6 Å². The van der Waals surface area contributed by atoms with Gasteiger partial charge < -0.3 is 5.73 Å². The summed E-state index contributed by atoms with van der Waals surface area (Å²) in [6.45, 7) is 0. The van der Waals surface area contributed by atoms with Crippen molar-refractivity contribution in [3.8, 4) is 0 Å². The number of hydrogen-bond donors (Lipinski definition) is 1. The maximum atomic E-state index is 13.1. The third kappa shape index (κ3) is 3.09. The monoisotopic (exact) mass is 263 g/mol. The number of hydrogen-bond acceptors (Lipinski definition) is 1. The molecule has 4 heteroatoms. The number of rotatable bonds is 2. The lowest BCUT2D eigenvalue weighted by molar-refractivity contribution is 0.443. The quantitative estimate of drug-likeness (QED) is 0.855. The summed E-state index contributed by atoms with van der Waals surface area (Å²) in [6.07, 6.45) is 4.77. The van der Waals surface area contributed by atoms with Gasteiger partial charge in [-0.15, -0.1) is 12.4 Å². The number of halogens is 3. The highest BCUT2D eigenvalue weighted by Crippen LogP contribution is 2.34. The van der Waals surface area contributed by atoms with E-state index in [1.165, 1.54) is 25.0 Å². The van der Waals surface area contributed by atoms with Crippen LogP contribution in [0.1, 0.15) is 37.3 Å². The maximum Gasteiger partial charge on any atom is 0.125 e. The molecule has 90 valence electrons. The van der Waals surface area contributed by atoms with Gasteiger partial charge in [-0.3, -0.25) is 0 Å². The highest BCUT2D eigenvalue weighted by atomic mass is 35.5. The van der Waals surface area contributed by atoms with Gasteiger partial charge in [-0.05, 0) is 42.5 Å². The van der Waals surface area contributed by atoms with Crippen molar-refractivity contribution in [2.45, 2.75) is 31.7 Å². The molecule has 0 amide bonds. The Kier molecular flexibility index (Phi) is 5.03. The van der Waals surface area contributed by atoms with Crippen LogP contribution >= 0.6 is 24.0 Å². The first-order valence-corrected chi connectivity index (χ1v) is 5.76. The lowest BCUT2D eigenvalue weighted by Crippen LogP contribution is -2.19. The minimum Gasteiger partial charge on any atom is -0.324 e. The molecular formula is C12H16Cl2FN. The second kappa shape index (κ2) is 5.85. The fourth-order valence-corrected chi connectivity index (χ4v) is 2.59. The molecule has 0 radical (unpaired) electrons. The van der Waals surface area contributed by atoms with Crippen LogP contribution < -0.4 is 5.73 Å². The van der Waals surface area contributed by atoms with Crippen LogP contribution in [0.2, 0.25) is 5.02 Å². The molecule has 0 saturated heterocycles. The molecule has 0 heterocycles. The van der Waals surface area contributed by atoms with Crippen molar-refractivity contribution in [3.63, 3.8) is 0 Å². The molecule has 0 unspecified atom stereocenters. The molecule has 1 atom stereocenters. The highest BCUT2D eigenvalue weighted by Gasteiger charge is 2.23. The van der Waals surface area contributed by atoms with Crippen molar-refractivity contribution in [1.29, 1.82) is 0 Å². The van der Waals surface area contributed by atoms with Crippen LogP contribution in [0.15, 0.2) is 18.2 Å². The molecule has 2 rings (SSSR count). The van der Waals surface area contributed by atoms with Crippen molar-refractivity contribution in [1.82, 2.24) is 0 Å². The van der Waals surface area contributed by atoms with Gasteiger partial charge in [0.1, 0.15) is 5.82 Å². The molecule has 1 aromatic rings. The Morgan fingerprint density at radius 1 is 1.25 bits per heavy atom. The van der Waals surface area contributed by atoms with Gasteiger partial charge in [-0.1, -0.05) is 24.4 Å². The van der Waals surface area contributed by atoms with E-state index >= 15 is 0 Å². The summed E-state index contributed by atoms with van der Waals surface area (Å²) in [5.41, 5.74) is 6.94. The van der Waals surface area contributed by atoms with E-state index in [0.717, 1.165) is 18.4 Å². The van der Waals surface area contributed by atoms with Crippen molar-refractivity contribution >= 4 is 24.0 Å². The SMILES string of the molecule is Cl.N[C@@H](c1cc(F)cc(Cl)c1)C1CCCC1. The van der Waals surface area contributed by atoms with Crippen LogP contribution in [-0.2, 0) is 0 Å². The first kappa shape index (κ1) is 13.8. The zero-order chi connectivity index (χ0) is 10.8. The average Bonchev–Trinajstić information content (AvgIpc) is 2.67. The molecule has 1 aromatic carbocycles. The zero-order valence-corrected chi connectivity index (χ0v) is 10.5. The summed E-state index contributed by atoms with van der Waals surface area (Å²) in [5.74, 6) is 0.189. The molecule has 0 aromatic heterocycles. The third-order valence-electron chi connectivity index (χ3n) is 3.18. The Labute approximate surface area is 107 Å². The second-order valence-corrected chi connectivity index (χ2v) is 4.71. The average molecular weight is 264 g/mol. The summed E-state index contributed by atoms with van der Waals surface area (Å²) in [6, 6.07) is 4.51. The van der Waals surface area contributed by atoms with Crippen LogP contribution in [0.5, 0.6) is 0 Å². The molecule has 16 heavy (non-hydrogen) atoms. The Morgan fingerprint density at radius 2 is 1.88 bits per heavy atom. The lowest BCUT2D eigenvalue weighted by atomic mass is 9.92. The smallest absolute Gasteiger partial charge is 0.125 e. The van der Waals surface area contributed by atoms with E-state index in [2.05, 4.69) is 0 Å². The van der Waals surface area contributed by atoms with E-state index < -0.39 is 0 Å². The fourth-order valence-electron chi connectivity index (χ4n) is 2.36. The highest BCUT2D eigenvalue weighted by molar-refractivity contribution is 6.30. The Morgan fingerprint density at radius 3 is 2.44 bits per heavy atom. The molecule has 0 bridgehead atoms. The van der Waals surface area contributed by atoms with Crippen LogP contribution in [-0.4, -0.2) is 0 Å². The Bertz CT molecular complexity index is 331. The largest absolute Gasteiger partial charge is 0.324 e. The summed E-state index contributed by atoms with van der Waals surface area (Å²) < 4.78 is 13.1. The third-order valence-corrected chi connectivity index (χ3v) is 3.40. The second-order valence-electron chi connectivity index (χ2n) is 4.27. The number of nitrogens with two attached hydrogens (primary N) is 1. The van der Waals surface area contributed by atoms with Gasteiger partial charge in [0.15, 0.2) is 0 Å². The first-order chi connectivity index (χ1) is 7.16. The fraction of sp³-hybridized carbons (Fsp3) is 0.500. The summed E-state index contributed by atoms with van der Waals surface area (Å²) in [5, 5.41) is 0.429. The first-order valence-electron chi connectivity index (χ1n) is 5.38. The lowest BCUT2D eigenvalue weighted by Gasteiger charge is -2.19. The van der Waals surface area contributed by atoms with Gasteiger partial charge in [0.2, 0.25) is 0 Å². The van der Waals surface area contributed by atoms with Gasteiger partial charge in [-0.25, -0.2) is 4.39 Å².